The number of nitrogens with zero attached hydrogens (tertiary/aromatic N) is 1. The van der Waals surface area contributed by atoms with Crippen molar-refractivity contribution in [3.63, 3.8) is 0 Å². The number of aromatic nitrogens is 1. The van der Waals surface area contributed by atoms with Crippen LogP contribution in [0, 0.1) is 0 Å². The van der Waals surface area contributed by atoms with E-state index in [1.165, 1.54) is 7.11 Å². The van der Waals surface area contributed by atoms with Gasteiger partial charge in [0.1, 0.15) is 6.04 Å². The van der Waals surface area contributed by atoms with Gasteiger partial charge in [-0.2, -0.15) is 0 Å². The van der Waals surface area contributed by atoms with Gasteiger partial charge in [0.15, 0.2) is 0 Å². The number of ether oxygens (including phenoxy) is 1. The number of hydrogen-bond donors (Lipinski definition) is 1. The first-order chi connectivity index (χ1) is 8.20. The smallest absolute Gasteiger partial charge is 0.323 e. The molecular weight excluding hydrogens is 287 g/mol. The number of halogens is 2. The van der Waals surface area contributed by atoms with Gasteiger partial charge in [0.25, 0.3) is 0 Å². The highest BCUT2D eigenvalue weighted by molar-refractivity contribution is 5.85. The first-order valence-electron chi connectivity index (χ1n) is 5.39. The van der Waals surface area contributed by atoms with E-state index in [2.05, 4.69) is 9.72 Å². The van der Waals surface area contributed by atoms with Crippen molar-refractivity contribution in [2.24, 2.45) is 5.73 Å². The predicted octanol–water partition coefficient (Wildman–Crippen LogP) is 2.12. The molecule has 0 unspecified atom stereocenters. The molecule has 2 rings (SSSR count). The normalized spacial score (nSPS) is 11.1. The Bertz CT molecular complexity index is 549. The molecule has 1 aromatic carbocycles. The third-order valence-corrected chi connectivity index (χ3v) is 2.59. The zero-order valence-electron chi connectivity index (χ0n) is 10.4. The summed E-state index contributed by atoms with van der Waals surface area (Å²) in [6.07, 6.45) is 0.386. The molecule has 0 aliphatic carbocycles. The van der Waals surface area contributed by atoms with Crippen molar-refractivity contribution in [3.8, 4) is 0 Å². The van der Waals surface area contributed by atoms with Gasteiger partial charge in [-0.1, -0.05) is 24.3 Å². The highest BCUT2D eigenvalue weighted by atomic mass is 35.5. The maximum absolute atomic E-state index is 11.2. The van der Waals surface area contributed by atoms with Crippen molar-refractivity contribution in [2.75, 3.05) is 7.11 Å². The highest BCUT2D eigenvalue weighted by Crippen LogP contribution is 2.12. The maximum Gasteiger partial charge on any atom is 0.323 e. The minimum Gasteiger partial charge on any atom is -0.468 e. The molecule has 0 aliphatic rings. The Hall–Kier alpha value is -1.36. The third kappa shape index (κ3) is 4.35. The lowest BCUT2D eigenvalue weighted by Crippen LogP contribution is -2.33. The molecule has 1 heterocycles. The molecule has 0 spiro atoms. The Balaban J connectivity index is 0.00000162. The maximum atomic E-state index is 11.2. The quantitative estimate of drug-likeness (QED) is 0.882. The molecule has 1 atom stereocenters. The Morgan fingerprint density at radius 1 is 1.26 bits per heavy atom. The molecule has 0 saturated carbocycles. The Morgan fingerprint density at radius 3 is 2.63 bits per heavy atom. The number of carbonyl (C=O) groups is 1. The van der Waals surface area contributed by atoms with E-state index in [0.717, 1.165) is 16.6 Å². The summed E-state index contributed by atoms with van der Waals surface area (Å²) in [5, 5.41) is 1.07. The fourth-order valence-electron chi connectivity index (χ4n) is 1.68. The van der Waals surface area contributed by atoms with Crippen molar-refractivity contribution >= 4 is 41.7 Å². The van der Waals surface area contributed by atoms with E-state index < -0.39 is 12.0 Å². The monoisotopic (exact) mass is 302 g/mol. The second-order valence-corrected chi connectivity index (χ2v) is 3.83. The Morgan fingerprint density at radius 2 is 1.95 bits per heavy atom. The molecule has 4 nitrogen and oxygen atoms in total. The first kappa shape index (κ1) is 17.6. The summed E-state index contributed by atoms with van der Waals surface area (Å²) in [6.45, 7) is 0. The van der Waals surface area contributed by atoms with Gasteiger partial charge in [-0.3, -0.25) is 9.78 Å². The lowest BCUT2D eigenvalue weighted by molar-refractivity contribution is -0.142. The molecule has 2 N–H and O–H groups in total. The molecule has 0 saturated heterocycles. The summed E-state index contributed by atoms with van der Waals surface area (Å²) in [4.78, 5) is 15.6. The number of nitrogens with two attached hydrogens (primary N) is 1. The second kappa shape index (κ2) is 7.94. The number of pyridine rings is 1. The van der Waals surface area contributed by atoms with Crippen LogP contribution in [-0.4, -0.2) is 24.1 Å². The minimum atomic E-state index is -0.659. The van der Waals surface area contributed by atoms with Crippen molar-refractivity contribution < 1.29 is 9.53 Å². The SMILES string of the molecule is COC(=O)[C@@H](N)Cc1ccc2ccccc2n1.Cl.Cl. The van der Waals surface area contributed by atoms with E-state index in [9.17, 15) is 4.79 Å². The predicted molar refractivity (Wildman–Crippen MR) is 79.9 cm³/mol. The van der Waals surface area contributed by atoms with Crippen LogP contribution in [-0.2, 0) is 16.0 Å². The van der Waals surface area contributed by atoms with Gasteiger partial charge in [0.05, 0.1) is 12.6 Å². The van der Waals surface area contributed by atoms with Crippen LogP contribution in [0.15, 0.2) is 36.4 Å². The fourth-order valence-corrected chi connectivity index (χ4v) is 1.68. The van der Waals surface area contributed by atoms with E-state index in [0.29, 0.717) is 6.42 Å². The molecule has 0 bridgehead atoms. The van der Waals surface area contributed by atoms with E-state index >= 15 is 0 Å². The lowest BCUT2D eigenvalue weighted by Gasteiger charge is -2.08. The molecule has 1 aromatic heterocycles. The minimum absolute atomic E-state index is 0. The van der Waals surface area contributed by atoms with Crippen molar-refractivity contribution in [3.05, 3.63) is 42.1 Å². The number of fused-ring (bicyclic) bond motifs is 1. The summed E-state index contributed by atoms with van der Waals surface area (Å²) in [5.41, 5.74) is 7.39. The number of carbonyl (C=O) groups excluding carboxylic acids is 1. The van der Waals surface area contributed by atoms with Crippen LogP contribution in [0.2, 0.25) is 0 Å². The van der Waals surface area contributed by atoms with Crippen LogP contribution < -0.4 is 5.73 Å². The lowest BCUT2D eigenvalue weighted by atomic mass is 10.1. The molecule has 2 aromatic rings. The van der Waals surface area contributed by atoms with Crippen LogP contribution >= 0.6 is 24.8 Å². The highest BCUT2D eigenvalue weighted by Gasteiger charge is 2.14. The number of para-hydroxylation sites is 1. The molecule has 19 heavy (non-hydrogen) atoms. The average Bonchev–Trinajstić information content (AvgIpc) is 2.37. The van der Waals surface area contributed by atoms with Crippen LogP contribution in [0.4, 0.5) is 0 Å². The van der Waals surface area contributed by atoms with Crippen molar-refractivity contribution in [1.82, 2.24) is 4.98 Å². The molecule has 0 radical (unpaired) electrons. The van der Waals surface area contributed by atoms with E-state index in [1.807, 2.05) is 36.4 Å². The topological polar surface area (TPSA) is 65.2 Å². The zero-order valence-corrected chi connectivity index (χ0v) is 12.0. The van der Waals surface area contributed by atoms with Gasteiger partial charge in [0.2, 0.25) is 0 Å². The molecule has 0 aliphatic heterocycles. The van der Waals surface area contributed by atoms with E-state index in [1.54, 1.807) is 0 Å². The Kier molecular flexibility index (Phi) is 7.37. The number of esters is 1. The largest absolute Gasteiger partial charge is 0.468 e. The molecular formula is C13H16Cl2N2O2. The second-order valence-electron chi connectivity index (χ2n) is 3.83. The third-order valence-electron chi connectivity index (χ3n) is 2.59. The first-order valence-corrected chi connectivity index (χ1v) is 5.39. The standard InChI is InChI=1S/C13H14N2O2.2ClH/c1-17-13(16)11(14)8-10-7-6-9-4-2-3-5-12(9)15-10;;/h2-7,11H,8,14H2,1H3;2*1H/t11-;;/m0../s1. The summed E-state index contributed by atoms with van der Waals surface area (Å²) in [5.74, 6) is -0.417. The van der Waals surface area contributed by atoms with Crippen LogP contribution in [0.5, 0.6) is 0 Å². The summed E-state index contributed by atoms with van der Waals surface area (Å²) in [7, 11) is 1.33. The average molecular weight is 303 g/mol. The van der Waals surface area contributed by atoms with Crippen LogP contribution in [0.3, 0.4) is 0 Å². The molecule has 0 amide bonds. The molecule has 0 fully saturated rings. The molecule has 104 valence electrons. The fraction of sp³-hybridized carbons (Fsp3) is 0.231. The number of methoxy groups -OCH3 is 1. The summed E-state index contributed by atoms with van der Waals surface area (Å²) < 4.78 is 4.58. The molecule has 6 heteroatoms. The van der Waals surface area contributed by atoms with E-state index in [4.69, 9.17) is 5.73 Å². The van der Waals surface area contributed by atoms with Gasteiger partial charge in [-0.25, -0.2) is 0 Å². The Labute approximate surface area is 124 Å². The van der Waals surface area contributed by atoms with Crippen LogP contribution in [0.25, 0.3) is 10.9 Å². The van der Waals surface area contributed by atoms with Gasteiger partial charge in [-0.05, 0) is 12.1 Å². The van der Waals surface area contributed by atoms with Gasteiger partial charge < -0.3 is 10.5 Å². The number of benzene rings is 1. The number of hydrogen-bond acceptors (Lipinski definition) is 4. The summed E-state index contributed by atoms with van der Waals surface area (Å²) in [6, 6.07) is 11.0. The van der Waals surface area contributed by atoms with Crippen molar-refractivity contribution in [1.29, 1.82) is 0 Å². The van der Waals surface area contributed by atoms with Crippen LogP contribution in [0.1, 0.15) is 5.69 Å². The summed E-state index contributed by atoms with van der Waals surface area (Å²) >= 11 is 0. The van der Waals surface area contributed by atoms with Gasteiger partial charge in [0, 0.05) is 17.5 Å². The van der Waals surface area contributed by atoms with Gasteiger partial charge in [-0.15, -0.1) is 24.8 Å². The van der Waals surface area contributed by atoms with E-state index in [-0.39, 0.29) is 24.8 Å². The van der Waals surface area contributed by atoms with Gasteiger partial charge >= 0.3 is 5.97 Å². The van der Waals surface area contributed by atoms with Crippen molar-refractivity contribution in [2.45, 2.75) is 12.5 Å². The number of rotatable bonds is 3. The zero-order chi connectivity index (χ0) is 12.3.